The molecule has 14 heavy (non-hydrogen) atoms. The topological polar surface area (TPSA) is 56.1 Å². The predicted molar refractivity (Wildman–Crippen MR) is 53.5 cm³/mol. The number of likely N-dealkylation sites (tertiary alicyclic amines) is 1. The number of carbonyl (C=O) groups excluding carboxylic acids is 1. The molecule has 1 rings (SSSR count). The fraction of sp³-hybridized carbons (Fsp3) is 0.800. The molecule has 2 atom stereocenters. The highest BCUT2D eigenvalue weighted by atomic mass is 16.2. The molecule has 0 spiro atoms. The van der Waals surface area contributed by atoms with E-state index in [1.54, 1.807) is 7.05 Å². The summed E-state index contributed by atoms with van der Waals surface area (Å²) in [6, 6.07) is 2.04. The monoisotopic (exact) mass is 195 g/mol. The van der Waals surface area contributed by atoms with Gasteiger partial charge in [-0.25, -0.2) is 0 Å². The molecule has 4 nitrogen and oxygen atoms in total. The van der Waals surface area contributed by atoms with E-state index in [1.807, 2.05) is 11.8 Å². The van der Waals surface area contributed by atoms with E-state index in [0.717, 1.165) is 25.8 Å². The van der Waals surface area contributed by atoms with Crippen molar-refractivity contribution >= 4 is 5.91 Å². The van der Waals surface area contributed by atoms with Crippen LogP contribution in [0.15, 0.2) is 0 Å². The van der Waals surface area contributed by atoms with E-state index in [9.17, 15) is 4.79 Å². The highest BCUT2D eigenvalue weighted by Gasteiger charge is 2.34. The van der Waals surface area contributed by atoms with Gasteiger partial charge in [-0.2, -0.15) is 5.26 Å². The van der Waals surface area contributed by atoms with Crippen LogP contribution in [0.1, 0.15) is 26.2 Å². The largest absolute Gasteiger partial charge is 0.358 e. The molecule has 1 amide bonds. The maximum Gasteiger partial charge on any atom is 0.237 e. The first-order valence-electron chi connectivity index (χ1n) is 5.11. The van der Waals surface area contributed by atoms with Gasteiger partial charge in [0.15, 0.2) is 0 Å². The van der Waals surface area contributed by atoms with Crippen LogP contribution in [-0.4, -0.2) is 36.5 Å². The van der Waals surface area contributed by atoms with Crippen molar-refractivity contribution in [3.05, 3.63) is 0 Å². The van der Waals surface area contributed by atoms with Gasteiger partial charge in [-0.3, -0.25) is 9.69 Å². The van der Waals surface area contributed by atoms with E-state index >= 15 is 0 Å². The molecular weight excluding hydrogens is 178 g/mol. The lowest BCUT2D eigenvalue weighted by Gasteiger charge is -2.26. The summed E-state index contributed by atoms with van der Waals surface area (Å²) in [4.78, 5) is 13.5. The summed E-state index contributed by atoms with van der Waals surface area (Å²) in [6.07, 6.45) is 2.66. The van der Waals surface area contributed by atoms with Crippen molar-refractivity contribution in [2.75, 3.05) is 13.6 Å². The Balaban J connectivity index is 2.68. The van der Waals surface area contributed by atoms with Gasteiger partial charge in [-0.1, -0.05) is 6.92 Å². The van der Waals surface area contributed by atoms with Crippen molar-refractivity contribution in [3.63, 3.8) is 0 Å². The highest BCUT2D eigenvalue weighted by Crippen LogP contribution is 2.21. The van der Waals surface area contributed by atoms with Crippen molar-refractivity contribution < 1.29 is 4.79 Å². The molecule has 0 aliphatic carbocycles. The van der Waals surface area contributed by atoms with E-state index in [2.05, 4.69) is 11.4 Å². The molecule has 1 saturated heterocycles. The summed E-state index contributed by atoms with van der Waals surface area (Å²) in [5.41, 5.74) is 0. The number of likely N-dealkylation sites (N-methyl/N-ethyl adjacent to an activating group) is 1. The Morgan fingerprint density at radius 3 is 3.00 bits per heavy atom. The summed E-state index contributed by atoms with van der Waals surface area (Å²) in [5.74, 6) is 0.0381. The minimum Gasteiger partial charge on any atom is -0.358 e. The lowest BCUT2D eigenvalue weighted by atomic mass is 10.1. The van der Waals surface area contributed by atoms with Crippen molar-refractivity contribution in [3.8, 4) is 6.07 Å². The van der Waals surface area contributed by atoms with Crippen LogP contribution < -0.4 is 5.32 Å². The van der Waals surface area contributed by atoms with Crippen molar-refractivity contribution in [2.45, 2.75) is 38.3 Å². The third-order valence-electron chi connectivity index (χ3n) is 2.78. The van der Waals surface area contributed by atoms with Crippen molar-refractivity contribution in [1.82, 2.24) is 10.2 Å². The minimum atomic E-state index is -0.111. The first-order chi connectivity index (χ1) is 6.74. The summed E-state index contributed by atoms with van der Waals surface area (Å²) in [5, 5.41) is 11.6. The quantitative estimate of drug-likeness (QED) is 0.713. The first kappa shape index (κ1) is 11.0. The molecule has 1 aliphatic rings. The van der Waals surface area contributed by atoms with Crippen LogP contribution in [-0.2, 0) is 4.79 Å². The first-order valence-corrected chi connectivity index (χ1v) is 5.11. The molecule has 78 valence electrons. The van der Waals surface area contributed by atoms with E-state index < -0.39 is 0 Å². The maximum absolute atomic E-state index is 11.5. The normalized spacial score (nSPS) is 24.2. The van der Waals surface area contributed by atoms with Crippen LogP contribution in [0, 0.1) is 11.3 Å². The summed E-state index contributed by atoms with van der Waals surface area (Å²) < 4.78 is 0. The number of amides is 1. The molecule has 1 heterocycles. The van der Waals surface area contributed by atoms with Gasteiger partial charge in [0.05, 0.1) is 18.2 Å². The zero-order valence-corrected chi connectivity index (χ0v) is 8.79. The molecule has 0 radical (unpaired) electrons. The van der Waals surface area contributed by atoms with Gasteiger partial charge < -0.3 is 5.32 Å². The van der Waals surface area contributed by atoms with Crippen LogP contribution in [0.3, 0.4) is 0 Å². The maximum atomic E-state index is 11.5. The Morgan fingerprint density at radius 1 is 1.79 bits per heavy atom. The van der Waals surface area contributed by atoms with Gasteiger partial charge in [-0.15, -0.1) is 0 Å². The van der Waals surface area contributed by atoms with Gasteiger partial charge in [0.1, 0.15) is 0 Å². The zero-order valence-electron chi connectivity index (χ0n) is 8.79. The number of hydrogen-bond acceptors (Lipinski definition) is 3. The molecular formula is C10H17N3O. The number of rotatable bonds is 3. The van der Waals surface area contributed by atoms with E-state index in [4.69, 9.17) is 5.26 Å². The summed E-state index contributed by atoms with van der Waals surface area (Å²) in [6.45, 7) is 2.84. The van der Waals surface area contributed by atoms with Gasteiger partial charge in [0, 0.05) is 13.6 Å². The van der Waals surface area contributed by atoms with Crippen LogP contribution in [0.4, 0.5) is 0 Å². The molecule has 1 N–H and O–H groups in total. The van der Waals surface area contributed by atoms with Crippen molar-refractivity contribution in [2.24, 2.45) is 0 Å². The average molecular weight is 195 g/mol. The third kappa shape index (κ3) is 2.05. The second-order valence-corrected chi connectivity index (χ2v) is 3.56. The van der Waals surface area contributed by atoms with Crippen LogP contribution in [0.5, 0.6) is 0 Å². The van der Waals surface area contributed by atoms with E-state index in [1.165, 1.54) is 0 Å². The van der Waals surface area contributed by atoms with Gasteiger partial charge in [0.25, 0.3) is 0 Å². The molecule has 0 bridgehead atoms. The minimum absolute atomic E-state index is 0.0381. The van der Waals surface area contributed by atoms with Gasteiger partial charge in [-0.05, 0) is 19.3 Å². The average Bonchev–Trinajstić information content (AvgIpc) is 2.68. The predicted octanol–water partition coefficient (Wildman–Crippen LogP) is 0.499. The lowest BCUT2D eigenvalue weighted by Crippen LogP contribution is -2.46. The van der Waals surface area contributed by atoms with Crippen LogP contribution >= 0.6 is 0 Å². The Labute approximate surface area is 84.9 Å². The lowest BCUT2D eigenvalue weighted by molar-refractivity contribution is -0.125. The van der Waals surface area contributed by atoms with Gasteiger partial charge in [0.2, 0.25) is 5.91 Å². The van der Waals surface area contributed by atoms with E-state index in [0.29, 0.717) is 0 Å². The standard InChI is InChI=1S/C10H17N3O/c1-3-8(7-11)13-6-4-5-9(13)10(14)12-2/h8-9H,3-6H2,1-2H3,(H,12,14). The fourth-order valence-electron chi connectivity index (χ4n) is 2.01. The number of nitriles is 1. The molecule has 1 fully saturated rings. The third-order valence-corrected chi connectivity index (χ3v) is 2.78. The molecule has 0 aromatic heterocycles. The smallest absolute Gasteiger partial charge is 0.237 e. The fourth-order valence-corrected chi connectivity index (χ4v) is 2.01. The Morgan fingerprint density at radius 2 is 2.50 bits per heavy atom. The Bertz CT molecular complexity index is 246. The number of carbonyl (C=O) groups is 1. The SMILES string of the molecule is CCC(C#N)N1CCCC1C(=O)NC. The molecule has 0 aromatic rings. The molecule has 0 aromatic carbocycles. The number of hydrogen-bond donors (Lipinski definition) is 1. The van der Waals surface area contributed by atoms with Gasteiger partial charge >= 0.3 is 0 Å². The second kappa shape index (κ2) is 4.97. The van der Waals surface area contributed by atoms with Crippen molar-refractivity contribution in [1.29, 1.82) is 5.26 Å². The molecule has 4 heteroatoms. The molecule has 1 aliphatic heterocycles. The Kier molecular flexibility index (Phi) is 3.90. The van der Waals surface area contributed by atoms with Crippen LogP contribution in [0.2, 0.25) is 0 Å². The summed E-state index contributed by atoms with van der Waals surface area (Å²) in [7, 11) is 1.64. The molecule has 0 saturated carbocycles. The van der Waals surface area contributed by atoms with E-state index in [-0.39, 0.29) is 18.0 Å². The van der Waals surface area contributed by atoms with Crippen LogP contribution in [0.25, 0.3) is 0 Å². The highest BCUT2D eigenvalue weighted by molar-refractivity contribution is 5.81. The summed E-state index contributed by atoms with van der Waals surface area (Å²) >= 11 is 0. The number of nitrogens with one attached hydrogen (secondary N) is 1. The zero-order chi connectivity index (χ0) is 10.6. The molecule has 2 unspecified atom stereocenters. The number of nitrogens with zero attached hydrogens (tertiary/aromatic N) is 2. The Hall–Kier alpha value is -1.08. The second-order valence-electron chi connectivity index (χ2n) is 3.56.